The zero-order valence-corrected chi connectivity index (χ0v) is 10.3. The third-order valence-corrected chi connectivity index (χ3v) is 4.33. The van der Waals surface area contributed by atoms with E-state index in [0.717, 1.165) is 4.31 Å². The van der Waals surface area contributed by atoms with Crippen LogP contribution in [0.5, 0.6) is 0 Å². The second kappa shape index (κ2) is 4.86. The summed E-state index contributed by atoms with van der Waals surface area (Å²) in [7, 11) is -2.42. The molecule has 1 aromatic rings. The molecular formula is C11H11N3O2S. The molecule has 0 amide bonds. The molecule has 0 N–H and O–H groups in total. The maximum atomic E-state index is 11.9. The molecule has 88 valence electrons. The molecule has 0 aliphatic rings. The van der Waals surface area contributed by atoms with E-state index >= 15 is 0 Å². The summed E-state index contributed by atoms with van der Waals surface area (Å²) in [5.41, 5.74) is 0.529. The Bertz CT molecular complexity index is 596. The standard InChI is InChI=1S/C11H11N3O2S/c1-9(7-12)17(15,16)14(2)11-6-4-3-5-10(11)8-13/h3-6,9H,1-2H3. The SMILES string of the molecule is CC(C#N)S(=O)(=O)N(C)c1ccccc1C#N. The van der Waals surface area contributed by atoms with E-state index in [1.807, 2.05) is 6.07 Å². The highest BCUT2D eigenvalue weighted by Gasteiger charge is 2.27. The Morgan fingerprint density at radius 3 is 2.41 bits per heavy atom. The fourth-order valence-corrected chi connectivity index (χ4v) is 2.32. The first-order valence-corrected chi connectivity index (χ1v) is 6.32. The summed E-state index contributed by atoms with van der Waals surface area (Å²) in [6, 6.07) is 9.94. The minimum atomic E-state index is -3.75. The van der Waals surface area contributed by atoms with Crippen molar-refractivity contribution in [2.75, 3.05) is 11.4 Å². The van der Waals surface area contributed by atoms with Gasteiger partial charge in [-0.3, -0.25) is 4.31 Å². The van der Waals surface area contributed by atoms with E-state index in [-0.39, 0.29) is 11.3 Å². The Kier molecular flexibility index (Phi) is 3.72. The molecule has 0 aliphatic heterocycles. The van der Waals surface area contributed by atoms with Crippen molar-refractivity contribution in [3.63, 3.8) is 0 Å². The predicted octanol–water partition coefficient (Wildman–Crippen LogP) is 1.24. The molecule has 5 nitrogen and oxygen atoms in total. The molecule has 17 heavy (non-hydrogen) atoms. The van der Waals surface area contributed by atoms with Gasteiger partial charge in [0, 0.05) is 7.05 Å². The molecule has 0 bridgehead atoms. The van der Waals surface area contributed by atoms with Crippen LogP contribution in [-0.4, -0.2) is 20.7 Å². The molecule has 0 fully saturated rings. The molecule has 1 aromatic carbocycles. The lowest BCUT2D eigenvalue weighted by atomic mass is 10.2. The van der Waals surface area contributed by atoms with Crippen LogP contribution in [0.15, 0.2) is 24.3 Å². The summed E-state index contributed by atoms with van der Waals surface area (Å²) in [5.74, 6) is 0. The molecule has 1 rings (SSSR count). The molecule has 1 unspecified atom stereocenters. The number of hydrogen-bond donors (Lipinski definition) is 0. The maximum Gasteiger partial charge on any atom is 0.251 e. The number of sulfonamides is 1. The molecular weight excluding hydrogens is 238 g/mol. The van der Waals surface area contributed by atoms with Gasteiger partial charge < -0.3 is 0 Å². The van der Waals surface area contributed by atoms with Crippen molar-refractivity contribution >= 4 is 15.7 Å². The number of nitrogens with zero attached hydrogens (tertiary/aromatic N) is 3. The fourth-order valence-electron chi connectivity index (χ4n) is 1.28. The summed E-state index contributed by atoms with van der Waals surface area (Å²) in [6.45, 7) is 1.31. The molecule has 0 aliphatic carbocycles. The molecule has 0 aromatic heterocycles. The summed E-state index contributed by atoms with van der Waals surface area (Å²) >= 11 is 0. The zero-order valence-electron chi connectivity index (χ0n) is 9.45. The van der Waals surface area contributed by atoms with E-state index in [1.165, 1.54) is 26.1 Å². The van der Waals surface area contributed by atoms with Crippen molar-refractivity contribution in [2.24, 2.45) is 0 Å². The average molecular weight is 249 g/mol. The van der Waals surface area contributed by atoms with Crippen molar-refractivity contribution < 1.29 is 8.42 Å². The predicted molar refractivity (Wildman–Crippen MR) is 63.6 cm³/mol. The molecule has 0 heterocycles. The van der Waals surface area contributed by atoms with Gasteiger partial charge in [0.2, 0.25) is 0 Å². The molecule has 6 heteroatoms. The fraction of sp³-hybridized carbons (Fsp3) is 0.273. The quantitative estimate of drug-likeness (QED) is 0.806. The number of anilines is 1. The average Bonchev–Trinajstić information content (AvgIpc) is 2.36. The number of nitriles is 2. The van der Waals surface area contributed by atoms with E-state index in [0.29, 0.717) is 0 Å². The van der Waals surface area contributed by atoms with Gasteiger partial charge in [-0.15, -0.1) is 0 Å². The van der Waals surface area contributed by atoms with E-state index in [9.17, 15) is 8.42 Å². The summed E-state index contributed by atoms with van der Waals surface area (Å²) in [4.78, 5) is 0. The van der Waals surface area contributed by atoms with Crippen LogP contribution in [0.2, 0.25) is 0 Å². The van der Waals surface area contributed by atoms with Crippen molar-refractivity contribution in [3.8, 4) is 12.1 Å². The second-order valence-corrected chi connectivity index (χ2v) is 5.70. The molecule has 0 saturated heterocycles. The topological polar surface area (TPSA) is 85.0 Å². The number of benzene rings is 1. The lowest BCUT2D eigenvalue weighted by Crippen LogP contribution is -2.34. The first-order valence-electron chi connectivity index (χ1n) is 4.81. The van der Waals surface area contributed by atoms with E-state index < -0.39 is 15.3 Å². The summed E-state index contributed by atoms with van der Waals surface area (Å²) in [5, 5.41) is 16.4. The molecule has 0 radical (unpaired) electrons. The Morgan fingerprint density at radius 2 is 1.88 bits per heavy atom. The maximum absolute atomic E-state index is 11.9. The third kappa shape index (κ3) is 2.38. The Labute approximate surface area is 101 Å². The van der Waals surface area contributed by atoms with Gasteiger partial charge in [0.25, 0.3) is 10.0 Å². The van der Waals surface area contributed by atoms with Gasteiger partial charge in [0.15, 0.2) is 5.25 Å². The van der Waals surface area contributed by atoms with Crippen molar-refractivity contribution in [2.45, 2.75) is 12.2 Å². The van der Waals surface area contributed by atoms with Gasteiger partial charge in [-0.1, -0.05) is 12.1 Å². The van der Waals surface area contributed by atoms with Crippen LogP contribution in [0.4, 0.5) is 5.69 Å². The van der Waals surface area contributed by atoms with Crippen LogP contribution in [0.1, 0.15) is 12.5 Å². The minimum absolute atomic E-state index is 0.253. The highest BCUT2D eigenvalue weighted by atomic mass is 32.2. The largest absolute Gasteiger partial charge is 0.271 e. The smallest absolute Gasteiger partial charge is 0.251 e. The molecule has 1 atom stereocenters. The zero-order chi connectivity index (χ0) is 13.1. The van der Waals surface area contributed by atoms with Crippen LogP contribution in [0, 0.1) is 22.7 Å². The Balaban J connectivity index is 3.28. The Hall–Kier alpha value is -2.05. The van der Waals surface area contributed by atoms with Crippen LogP contribution < -0.4 is 4.31 Å². The van der Waals surface area contributed by atoms with Crippen molar-refractivity contribution in [3.05, 3.63) is 29.8 Å². The lowest BCUT2D eigenvalue weighted by molar-refractivity contribution is 0.590. The number of para-hydroxylation sites is 1. The van der Waals surface area contributed by atoms with E-state index in [2.05, 4.69) is 0 Å². The highest BCUT2D eigenvalue weighted by Crippen LogP contribution is 2.22. The number of rotatable bonds is 3. The van der Waals surface area contributed by atoms with Gasteiger partial charge in [-0.05, 0) is 19.1 Å². The monoisotopic (exact) mass is 249 g/mol. The van der Waals surface area contributed by atoms with Gasteiger partial charge in [0.05, 0.1) is 17.3 Å². The number of hydrogen-bond acceptors (Lipinski definition) is 4. The van der Waals surface area contributed by atoms with Gasteiger partial charge >= 0.3 is 0 Å². The van der Waals surface area contributed by atoms with E-state index in [1.54, 1.807) is 18.2 Å². The van der Waals surface area contributed by atoms with Gasteiger partial charge in [-0.25, -0.2) is 8.42 Å². The summed E-state index contributed by atoms with van der Waals surface area (Å²) in [6.07, 6.45) is 0. The highest BCUT2D eigenvalue weighted by molar-refractivity contribution is 7.93. The lowest BCUT2D eigenvalue weighted by Gasteiger charge is -2.21. The van der Waals surface area contributed by atoms with Crippen LogP contribution in [-0.2, 0) is 10.0 Å². The van der Waals surface area contributed by atoms with E-state index in [4.69, 9.17) is 10.5 Å². The first kappa shape index (κ1) is 13.0. The van der Waals surface area contributed by atoms with Gasteiger partial charge in [-0.2, -0.15) is 10.5 Å². The molecule has 0 saturated carbocycles. The normalized spacial score (nSPS) is 12.2. The second-order valence-electron chi connectivity index (χ2n) is 3.41. The van der Waals surface area contributed by atoms with Crippen LogP contribution in [0.3, 0.4) is 0 Å². The van der Waals surface area contributed by atoms with Crippen LogP contribution in [0.25, 0.3) is 0 Å². The van der Waals surface area contributed by atoms with Crippen molar-refractivity contribution in [1.29, 1.82) is 10.5 Å². The summed E-state index contributed by atoms with van der Waals surface area (Å²) < 4.78 is 24.8. The minimum Gasteiger partial charge on any atom is -0.271 e. The Morgan fingerprint density at radius 1 is 1.29 bits per heavy atom. The first-order chi connectivity index (χ1) is 7.95. The molecule has 0 spiro atoms. The van der Waals surface area contributed by atoms with Crippen molar-refractivity contribution in [1.82, 2.24) is 0 Å². The van der Waals surface area contributed by atoms with Gasteiger partial charge in [0.1, 0.15) is 6.07 Å². The third-order valence-electron chi connectivity index (χ3n) is 2.37. The van der Waals surface area contributed by atoms with Crippen LogP contribution >= 0.6 is 0 Å².